The summed E-state index contributed by atoms with van der Waals surface area (Å²) in [6.07, 6.45) is 1.86. The Morgan fingerprint density at radius 2 is 1.81 bits per heavy atom. The molecule has 3 nitrogen and oxygen atoms in total. The van der Waals surface area contributed by atoms with Crippen LogP contribution in [0.25, 0.3) is 21.8 Å². The highest BCUT2D eigenvalue weighted by Gasteiger charge is 2.06. The minimum Gasteiger partial charge on any atom is -0.341 e. The zero-order valence-corrected chi connectivity index (χ0v) is 12.1. The van der Waals surface area contributed by atoms with E-state index in [1.807, 2.05) is 36.5 Å². The number of aromatic nitrogens is 3. The number of fused-ring (bicyclic) bond motifs is 2. The minimum absolute atomic E-state index is 0.787. The van der Waals surface area contributed by atoms with Crippen LogP contribution in [-0.2, 0) is 5.75 Å². The molecule has 0 atom stereocenters. The third kappa shape index (κ3) is 2.38. The first-order valence-electron chi connectivity index (χ1n) is 6.80. The number of para-hydroxylation sites is 2. The minimum atomic E-state index is 0.787. The SMILES string of the molecule is c1ccc2c(SCc3nc4ccccc4[nH]3)nccc2c1. The van der Waals surface area contributed by atoms with Gasteiger partial charge in [0.1, 0.15) is 10.9 Å². The van der Waals surface area contributed by atoms with Crippen molar-refractivity contribution in [3.05, 3.63) is 66.6 Å². The molecule has 0 amide bonds. The van der Waals surface area contributed by atoms with E-state index in [1.165, 1.54) is 10.8 Å². The van der Waals surface area contributed by atoms with Crippen molar-refractivity contribution >= 4 is 33.6 Å². The molecule has 21 heavy (non-hydrogen) atoms. The first-order valence-corrected chi connectivity index (χ1v) is 7.79. The first-order chi connectivity index (χ1) is 10.4. The van der Waals surface area contributed by atoms with Crippen LogP contribution >= 0.6 is 11.8 Å². The molecule has 0 saturated carbocycles. The quantitative estimate of drug-likeness (QED) is 0.569. The molecule has 0 saturated heterocycles. The summed E-state index contributed by atoms with van der Waals surface area (Å²) < 4.78 is 0. The van der Waals surface area contributed by atoms with Crippen LogP contribution in [-0.4, -0.2) is 15.0 Å². The van der Waals surface area contributed by atoms with Gasteiger partial charge in [-0.25, -0.2) is 9.97 Å². The number of imidazole rings is 1. The molecule has 0 radical (unpaired) electrons. The van der Waals surface area contributed by atoms with Gasteiger partial charge in [0.15, 0.2) is 0 Å². The number of H-pyrrole nitrogens is 1. The lowest BCUT2D eigenvalue weighted by Gasteiger charge is -2.03. The molecule has 4 heteroatoms. The van der Waals surface area contributed by atoms with Crippen molar-refractivity contribution in [3.8, 4) is 0 Å². The van der Waals surface area contributed by atoms with Crippen molar-refractivity contribution in [2.45, 2.75) is 10.8 Å². The second-order valence-electron chi connectivity index (χ2n) is 4.83. The van der Waals surface area contributed by atoms with Crippen LogP contribution in [0.15, 0.2) is 65.8 Å². The maximum Gasteiger partial charge on any atom is 0.117 e. The molecule has 0 aliphatic rings. The van der Waals surface area contributed by atoms with Crippen LogP contribution in [0.5, 0.6) is 0 Å². The highest BCUT2D eigenvalue weighted by atomic mass is 32.2. The predicted molar refractivity (Wildman–Crippen MR) is 87.4 cm³/mol. The van der Waals surface area contributed by atoms with E-state index < -0.39 is 0 Å². The van der Waals surface area contributed by atoms with Gasteiger partial charge < -0.3 is 4.98 Å². The van der Waals surface area contributed by atoms with Crippen LogP contribution in [0.2, 0.25) is 0 Å². The van der Waals surface area contributed by atoms with Gasteiger partial charge in [-0.2, -0.15) is 0 Å². The summed E-state index contributed by atoms with van der Waals surface area (Å²) in [6.45, 7) is 0. The number of benzene rings is 2. The van der Waals surface area contributed by atoms with Crippen LogP contribution in [0.4, 0.5) is 0 Å². The topological polar surface area (TPSA) is 41.6 Å². The molecular weight excluding hydrogens is 278 g/mol. The van der Waals surface area contributed by atoms with Gasteiger partial charge in [-0.15, -0.1) is 0 Å². The highest BCUT2D eigenvalue weighted by Crippen LogP contribution is 2.27. The molecule has 0 fully saturated rings. The summed E-state index contributed by atoms with van der Waals surface area (Å²) in [5, 5.41) is 3.47. The van der Waals surface area contributed by atoms with Gasteiger partial charge >= 0.3 is 0 Å². The Morgan fingerprint density at radius 3 is 2.76 bits per heavy atom. The van der Waals surface area contributed by atoms with E-state index in [0.29, 0.717) is 0 Å². The first kappa shape index (κ1) is 12.4. The van der Waals surface area contributed by atoms with Crippen molar-refractivity contribution in [1.82, 2.24) is 15.0 Å². The van der Waals surface area contributed by atoms with E-state index in [1.54, 1.807) is 11.8 Å². The number of nitrogens with zero attached hydrogens (tertiary/aromatic N) is 2. The van der Waals surface area contributed by atoms with Gasteiger partial charge in [-0.1, -0.05) is 48.2 Å². The van der Waals surface area contributed by atoms with Crippen LogP contribution in [0.1, 0.15) is 5.82 Å². The van der Waals surface area contributed by atoms with E-state index in [2.05, 4.69) is 39.2 Å². The molecule has 0 bridgehead atoms. The fourth-order valence-electron chi connectivity index (χ4n) is 2.42. The van der Waals surface area contributed by atoms with Crippen LogP contribution < -0.4 is 0 Å². The van der Waals surface area contributed by atoms with Crippen molar-refractivity contribution in [3.63, 3.8) is 0 Å². The molecule has 4 aromatic rings. The van der Waals surface area contributed by atoms with Crippen molar-refractivity contribution < 1.29 is 0 Å². The summed E-state index contributed by atoms with van der Waals surface area (Å²) in [5.41, 5.74) is 2.10. The van der Waals surface area contributed by atoms with Gasteiger partial charge in [0.2, 0.25) is 0 Å². The zero-order chi connectivity index (χ0) is 14.1. The molecule has 102 valence electrons. The van der Waals surface area contributed by atoms with E-state index >= 15 is 0 Å². The van der Waals surface area contributed by atoms with Crippen molar-refractivity contribution in [1.29, 1.82) is 0 Å². The molecule has 0 aliphatic heterocycles. The molecule has 2 aromatic carbocycles. The predicted octanol–water partition coefficient (Wildman–Crippen LogP) is 4.40. The third-order valence-corrected chi connectivity index (χ3v) is 4.44. The lowest BCUT2D eigenvalue weighted by molar-refractivity contribution is 1.12. The molecule has 0 aliphatic carbocycles. The number of aromatic amines is 1. The Bertz CT molecular complexity index is 876. The second kappa shape index (κ2) is 5.22. The molecule has 1 N–H and O–H groups in total. The van der Waals surface area contributed by atoms with Gasteiger partial charge in [-0.3, -0.25) is 0 Å². The molecule has 0 unspecified atom stereocenters. The standard InChI is InChI=1S/C17H13N3S/c1-2-6-13-12(5-1)9-10-18-17(13)21-11-16-19-14-7-3-4-8-15(14)20-16/h1-10H,11H2,(H,19,20). The summed E-state index contributed by atoms with van der Waals surface area (Å²) in [7, 11) is 0. The summed E-state index contributed by atoms with van der Waals surface area (Å²) in [6, 6.07) is 18.5. The number of pyridine rings is 1. The zero-order valence-electron chi connectivity index (χ0n) is 11.3. The molecular formula is C17H13N3S. The lowest BCUT2D eigenvalue weighted by Crippen LogP contribution is -1.87. The Balaban J connectivity index is 1.63. The van der Waals surface area contributed by atoms with Crippen molar-refractivity contribution in [2.24, 2.45) is 0 Å². The number of hydrogen-bond donors (Lipinski definition) is 1. The number of rotatable bonds is 3. The fraction of sp³-hybridized carbons (Fsp3) is 0.0588. The molecule has 2 aromatic heterocycles. The summed E-state index contributed by atoms with van der Waals surface area (Å²) in [5.74, 6) is 1.77. The largest absolute Gasteiger partial charge is 0.341 e. The van der Waals surface area contributed by atoms with E-state index in [-0.39, 0.29) is 0 Å². The van der Waals surface area contributed by atoms with Crippen molar-refractivity contribution in [2.75, 3.05) is 0 Å². The highest BCUT2D eigenvalue weighted by molar-refractivity contribution is 7.98. The number of nitrogens with one attached hydrogen (secondary N) is 1. The van der Waals surface area contributed by atoms with Gasteiger partial charge in [0.25, 0.3) is 0 Å². The molecule has 0 spiro atoms. The summed E-state index contributed by atoms with van der Waals surface area (Å²) in [4.78, 5) is 12.5. The summed E-state index contributed by atoms with van der Waals surface area (Å²) >= 11 is 1.71. The number of hydrogen-bond acceptors (Lipinski definition) is 3. The molecule has 4 rings (SSSR count). The Hall–Kier alpha value is -2.33. The van der Waals surface area contributed by atoms with E-state index in [4.69, 9.17) is 0 Å². The van der Waals surface area contributed by atoms with Crippen LogP contribution in [0.3, 0.4) is 0 Å². The average molecular weight is 291 g/mol. The van der Waals surface area contributed by atoms with Gasteiger partial charge in [0, 0.05) is 11.6 Å². The average Bonchev–Trinajstić information content (AvgIpc) is 2.96. The maximum atomic E-state index is 4.60. The Kier molecular flexibility index (Phi) is 3.09. The lowest BCUT2D eigenvalue weighted by atomic mass is 10.2. The van der Waals surface area contributed by atoms with Crippen LogP contribution in [0, 0.1) is 0 Å². The Labute approximate surface area is 126 Å². The molecule has 2 heterocycles. The smallest absolute Gasteiger partial charge is 0.117 e. The van der Waals surface area contributed by atoms with Gasteiger partial charge in [0.05, 0.1) is 16.8 Å². The maximum absolute atomic E-state index is 4.60. The monoisotopic (exact) mass is 291 g/mol. The van der Waals surface area contributed by atoms with Gasteiger partial charge in [-0.05, 0) is 23.6 Å². The van der Waals surface area contributed by atoms with E-state index in [9.17, 15) is 0 Å². The number of thioether (sulfide) groups is 1. The second-order valence-corrected chi connectivity index (χ2v) is 5.79. The van der Waals surface area contributed by atoms with E-state index in [0.717, 1.165) is 27.6 Å². The fourth-order valence-corrected chi connectivity index (χ4v) is 3.30. The Morgan fingerprint density at radius 1 is 0.952 bits per heavy atom. The third-order valence-electron chi connectivity index (χ3n) is 3.42. The normalized spacial score (nSPS) is 11.2.